The topological polar surface area (TPSA) is 41.9 Å². The van der Waals surface area contributed by atoms with Crippen LogP contribution in [0.5, 0.6) is 11.5 Å². The number of aliphatic hydroxyl groups is 1. The molecule has 0 saturated carbocycles. The van der Waals surface area contributed by atoms with Crippen LogP contribution in [0.4, 0.5) is 0 Å². The van der Waals surface area contributed by atoms with E-state index in [9.17, 15) is 5.11 Å². The van der Waals surface area contributed by atoms with Crippen molar-refractivity contribution in [3.8, 4) is 11.5 Å². The van der Waals surface area contributed by atoms with Gasteiger partial charge in [-0.15, -0.1) is 0 Å². The highest BCUT2D eigenvalue weighted by molar-refractivity contribution is 5.45. The fourth-order valence-electron chi connectivity index (χ4n) is 3.13. The first-order valence-electron chi connectivity index (χ1n) is 7.47. The van der Waals surface area contributed by atoms with E-state index >= 15 is 0 Å². The summed E-state index contributed by atoms with van der Waals surface area (Å²) in [5.41, 5.74) is 0.902. The summed E-state index contributed by atoms with van der Waals surface area (Å²) in [5, 5.41) is 10.5. The molecule has 0 bridgehead atoms. The smallest absolute Gasteiger partial charge is 0.231 e. The molecule has 4 nitrogen and oxygen atoms in total. The third kappa shape index (κ3) is 2.63. The first-order valence-corrected chi connectivity index (χ1v) is 7.47. The molecule has 0 radical (unpaired) electrons. The molecule has 0 spiro atoms. The lowest BCUT2D eigenvalue weighted by molar-refractivity contribution is 0.0512. The van der Waals surface area contributed by atoms with Gasteiger partial charge in [0.2, 0.25) is 6.79 Å². The molecule has 0 amide bonds. The summed E-state index contributed by atoms with van der Waals surface area (Å²) in [6, 6.07) is 6.23. The van der Waals surface area contributed by atoms with E-state index in [-0.39, 0.29) is 6.79 Å². The molecular weight excluding hydrogens is 254 g/mol. The van der Waals surface area contributed by atoms with Gasteiger partial charge in [0, 0.05) is 12.6 Å². The minimum absolute atomic E-state index is 0.273. The van der Waals surface area contributed by atoms with Crippen molar-refractivity contribution < 1.29 is 14.6 Å². The average molecular weight is 277 g/mol. The van der Waals surface area contributed by atoms with E-state index in [2.05, 4.69) is 18.7 Å². The van der Waals surface area contributed by atoms with Gasteiger partial charge in [0.15, 0.2) is 11.5 Å². The van der Waals surface area contributed by atoms with Gasteiger partial charge in [-0.25, -0.2) is 0 Å². The van der Waals surface area contributed by atoms with Crippen molar-refractivity contribution in [1.82, 2.24) is 4.90 Å². The summed E-state index contributed by atoms with van der Waals surface area (Å²) >= 11 is 0. The van der Waals surface area contributed by atoms with Crippen LogP contribution in [-0.2, 0) is 0 Å². The third-order valence-electron chi connectivity index (χ3n) is 4.69. The molecule has 3 atom stereocenters. The molecule has 1 aromatic rings. The van der Waals surface area contributed by atoms with Crippen LogP contribution in [0.15, 0.2) is 18.2 Å². The number of rotatable bonds is 3. The summed E-state index contributed by atoms with van der Waals surface area (Å²) in [7, 11) is 0. The Balaban J connectivity index is 1.68. The number of fused-ring (bicyclic) bond motifs is 1. The van der Waals surface area contributed by atoms with Crippen LogP contribution in [0.3, 0.4) is 0 Å². The molecule has 2 heterocycles. The summed E-state index contributed by atoms with van der Waals surface area (Å²) in [6.07, 6.45) is 2.04. The van der Waals surface area contributed by atoms with Crippen molar-refractivity contribution in [2.75, 3.05) is 19.9 Å². The molecule has 20 heavy (non-hydrogen) atoms. The molecule has 2 aliphatic rings. The van der Waals surface area contributed by atoms with E-state index in [0.717, 1.165) is 23.6 Å². The fraction of sp³-hybridized carbons (Fsp3) is 0.625. The van der Waals surface area contributed by atoms with E-state index in [1.165, 1.54) is 12.8 Å². The molecule has 2 aliphatic heterocycles. The average Bonchev–Trinajstić information content (AvgIpc) is 2.91. The zero-order chi connectivity index (χ0) is 14.1. The summed E-state index contributed by atoms with van der Waals surface area (Å²) in [5.74, 6) is 2.20. The number of β-amino-alcohol motifs (C(OH)–C–C–N with tert-alkyl or cyclic N) is 1. The Labute approximate surface area is 120 Å². The molecule has 0 aliphatic carbocycles. The van der Waals surface area contributed by atoms with Crippen molar-refractivity contribution in [3.05, 3.63) is 23.8 Å². The minimum atomic E-state index is -0.475. The molecule has 1 fully saturated rings. The van der Waals surface area contributed by atoms with E-state index < -0.39 is 6.10 Å². The van der Waals surface area contributed by atoms with Crippen LogP contribution in [0.1, 0.15) is 38.4 Å². The van der Waals surface area contributed by atoms with Crippen molar-refractivity contribution in [1.29, 1.82) is 0 Å². The lowest BCUT2D eigenvalue weighted by atomic mass is 9.91. The predicted octanol–water partition coefficient (Wildman–Crippen LogP) is 2.57. The Hall–Kier alpha value is -1.26. The Kier molecular flexibility index (Phi) is 3.85. The molecule has 110 valence electrons. The molecule has 3 unspecified atom stereocenters. The van der Waals surface area contributed by atoms with Crippen LogP contribution in [0.2, 0.25) is 0 Å². The van der Waals surface area contributed by atoms with Crippen LogP contribution in [0.25, 0.3) is 0 Å². The number of aliphatic hydroxyl groups excluding tert-OH is 1. The second-order valence-electron chi connectivity index (χ2n) is 5.98. The first-order chi connectivity index (χ1) is 9.65. The minimum Gasteiger partial charge on any atom is -0.454 e. The van der Waals surface area contributed by atoms with E-state index in [0.29, 0.717) is 18.5 Å². The van der Waals surface area contributed by atoms with Crippen LogP contribution >= 0.6 is 0 Å². The quantitative estimate of drug-likeness (QED) is 0.922. The van der Waals surface area contributed by atoms with Gasteiger partial charge in [-0.3, -0.25) is 4.90 Å². The highest BCUT2D eigenvalue weighted by Gasteiger charge is 2.27. The van der Waals surface area contributed by atoms with Crippen LogP contribution in [-0.4, -0.2) is 35.9 Å². The van der Waals surface area contributed by atoms with Gasteiger partial charge in [0.25, 0.3) is 0 Å². The number of ether oxygens (including phenoxy) is 2. The van der Waals surface area contributed by atoms with E-state index in [1.807, 2.05) is 18.2 Å². The molecule has 4 heteroatoms. The second kappa shape index (κ2) is 5.62. The van der Waals surface area contributed by atoms with Gasteiger partial charge in [0.1, 0.15) is 0 Å². The molecule has 1 aromatic carbocycles. The number of nitrogens with zero attached hydrogens (tertiary/aromatic N) is 1. The SMILES string of the molecule is CC1CCCN(CC(O)c2ccc3c(c2)OCO3)C1C. The Morgan fingerprint density at radius 2 is 2.10 bits per heavy atom. The second-order valence-corrected chi connectivity index (χ2v) is 5.98. The Morgan fingerprint density at radius 1 is 1.30 bits per heavy atom. The van der Waals surface area contributed by atoms with Gasteiger partial charge in [0.05, 0.1) is 6.10 Å². The highest BCUT2D eigenvalue weighted by atomic mass is 16.7. The van der Waals surface area contributed by atoms with Gasteiger partial charge in [-0.2, -0.15) is 0 Å². The third-order valence-corrected chi connectivity index (χ3v) is 4.69. The standard InChI is InChI=1S/C16H23NO3/c1-11-4-3-7-17(12(11)2)9-14(18)13-5-6-15-16(8-13)20-10-19-15/h5-6,8,11-12,14,18H,3-4,7,9-10H2,1-2H3. The lowest BCUT2D eigenvalue weighted by Crippen LogP contribution is -2.44. The zero-order valence-electron chi connectivity index (χ0n) is 12.2. The monoisotopic (exact) mass is 277 g/mol. The number of piperidine rings is 1. The van der Waals surface area contributed by atoms with Gasteiger partial charge in [-0.05, 0) is 49.9 Å². The fourth-order valence-corrected chi connectivity index (χ4v) is 3.13. The van der Waals surface area contributed by atoms with Crippen molar-refractivity contribution in [2.45, 2.75) is 38.8 Å². The van der Waals surface area contributed by atoms with Gasteiger partial charge >= 0.3 is 0 Å². The van der Waals surface area contributed by atoms with Crippen LogP contribution < -0.4 is 9.47 Å². The molecular formula is C16H23NO3. The number of hydrogen-bond donors (Lipinski definition) is 1. The zero-order valence-corrected chi connectivity index (χ0v) is 12.2. The van der Waals surface area contributed by atoms with E-state index in [1.54, 1.807) is 0 Å². The Morgan fingerprint density at radius 3 is 2.95 bits per heavy atom. The lowest BCUT2D eigenvalue weighted by Gasteiger charge is -2.39. The molecule has 1 saturated heterocycles. The van der Waals surface area contributed by atoms with Crippen molar-refractivity contribution in [3.63, 3.8) is 0 Å². The number of hydrogen-bond acceptors (Lipinski definition) is 4. The maximum atomic E-state index is 10.5. The summed E-state index contributed by atoms with van der Waals surface area (Å²) in [4.78, 5) is 2.39. The Bertz CT molecular complexity index is 477. The molecule has 1 N–H and O–H groups in total. The predicted molar refractivity (Wildman–Crippen MR) is 77.0 cm³/mol. The summed E-state index contributed by atoms with van der Waals surface area (Å²) in [6.45, 7) is 6.59. The maximum Gasteiger partial charge on any atom is 0.231 e. The maximum absolute atomic E-state index is 10.5. The van der Waals surface area contributed by atoms with Crippen molar-refractivity contribution in [2.24, 2.45) is 5.92 Å². The largest absolute Gasteiger partial charge is 0.454 e. The van der Waals surface area contributed by atoms with Gasteiger partial charge < -0.3 is 14.6 Å². The highest BCUT2D eigenvalue weighted by Crippen LogP contribution is 2.34. The van der Waals surface area contributed by atoms with Crippen molar-refractivity contribution >= 4 is 0 Å². The number of likely N-dealkylation sites (tertiary alicyclic amines) is 1. The van der Waals surface area contributed by atoms with Crippen LogP contribution in [0, 0.1) is 5.92 Å². The molecule has 0 aromatic heterocycles. The van der Waals surface area contributed by atoms with Gasteiger partial charge in [-0.1, -0.05) is 13.0 Å². The summed E-state index contributed by atoms with van der Waals surface area (Å²) < 4.78 is 10.7. The van der Waals surface area contributed by atoms with E-state index in [4.69, 9.17) is 9.47 Å². The number of benzene rings is 1. The molecule has 3 rings (SSSR count). The normalized spacial score (nSPS) is 27.6. The first kappa shape index (κ1) is 13.7.